The van der Waals surface area contributed by atoms with Crippen molar-refractivity contribution in [1.29, 1.82) is 0 Å². The largest absolute Gasteiger partial charge is 0.508 e. The number of carbonyl (C=O) groups is 1. The van der Waals surface area contributed by atoms with Gasteiger partial charge in [-0.05, 0) is 18.6 Å². The molecule has 0 saturated carbocycles. The van der Waals surface area contributed by atoms with Crippen LogP contribution in [0.25, 0.3) is 0 Å². The molecule has 0 unspecified atom stereocenters. The number of aliphatic hydroxyl groups is 1. The number of pyridine rings is 1. The molecule has 2 aromatic rings. The first kappa shape index (κ1) is 16.8. The zero-order valence-corrected chi connectivity index (χ0v) is 14.4. The van der Waals surface area contributed by atoms with Gasteiger partial charge in [0, 0.05) is 42.2 Å². The number of rotatable bonds is 3. The standard InChI is InChI=1S/C20H22N2O4/c23-12-17-15-8-14(16-5-3-7-19(25)22(16)17)10-21(11-15)20(26)9-13-4-1-2-6-18(13)24/h1-7,14-15,17,23-24H,8-12H2/t14-,15+,17+/m1/s1. The fourth-order valence-electron chi connectivity index (χ4n) is 4.42. The number of amides is 1. The highest BCUT2D eigenvalue weighted by Gasteiger charge is 2.41. The van der Waals surface area contributed by atoms with E-state index in [1.807, 2.05) is 11.0 Å². The Labute approximate surface area is 151 Å². The molecular formula is C20H22N2O4. The van der Waals surface area contributed by atoms with E-state index in [1.54, 1.807) is 34.9 Å². The van der Waals surface area contributed by atoms with E-state index in [9.17, 15) is 19.8 Å². The number of phenols is 1. The Kier molecular flexibility index (Phi) is 4.28. The molecule has 2 N–H and O–H groups in total. The molecule has 0 spiro atoms. The smallest absolute Gasteiger partial charge is 0.251 e. The maximum absolute atomic E-state index is 12.8. The molecule has 1 aromatic carbocycles. The van der Waals surface area contributed by atoms with Crippen LogP contribution in [0, 0.1) is 5.92 Å². The maximum Gasteiger partial charge on any atom is 0.251 e. The number of hydrogen-bond donors (Lipinski definition) is 2. The van der Waals surface area contributed by atoms with E-state index in [0.717, 1.165) is 12.1 Å². The summed E-state index contributed by atoms with van der Waals surface area (Å²) in [6.07, 6.45) is 1.02. The number of aromatic hydroxyl groups is 1. The average molecular weight is 354 g/mol. The minimum atomic E-state index is -0.296. The van der Waals surface area contributed by atoms with Crippen molar-refractivity contribution in [2.45, 2.75) is 24.8 Å². The third-order valence-corrected chi connectivity index (χ3v) is 5.67. The lowest BCUT2D eigenvalue weighted by atomic mass is 9.78. The van der Waals surface area contributed by atoms with Gasteiger partial charge in [-0.25, -0.2) is 0 Å². The molecule has 136 valence electrons. The van der Waals surface area contributed by atoms with E-state index < -0.39 is 0 Å². The monoisotopic (exact) mass is 354 g/mol. The highest BCUT2D eigenvalue weighted by molar-refractivity contribution is 5.79. The predicted octanol–water partition coefficient (Wildman–Crippen LogP) is 1.28. The number of aromatic nitrogens is 1. The number of benzene rings is 1. The summed E-state index contributed by atoms with van der Waals surface area (Å²) in [6.45, 7) is 0.968. The summed E-state index contributed by atoms with van der Waals surface area (Å²) in [7, 11) is 0. The zero-order chi connectivity index (χ0) is 18.3. The topological polar surface area (TPSA) is 82.8 Å². The van der Waals surface area contributed by atoms with Gasteiger partial charge in [-0.1, -0.05) is 24.3 Å². The van der Waals surface area contributed by atoms with Crippen LogP contribution in [0.15, 0.2) is 47.3 Å². The van der Waals surface area contributed by atoms with Gasteiger partial charge in [0.05, 0.1) is 19.1 Å². The van der Waals surface area contributed by atoms with Gasteiger partial charge in [-0.2, -0.15) is 0 Å². The number of piperidine rings is 1. The molecule has 3 atom stereocenters. The lowest BCUT2D eigenvalue weighted by Crippen LogP contribution is -2.52. The van der Waals surface area contributed by atoms with Crippen LogP contribution in [0.5, 0.6) is 5.75 Å². The molecule has 0 aliphatic carbocycles. The normalized spacial score (nSPS) is 24.2. The molecule has 1 saturated heterocycles. The number of hydrogen-bond acceptors (Lipinski definition) is 4. The molecule has 1 aromatic heterocycles. The minimum absolute atomic E-state index is 0.0374. The van der Waals surface area contributed by atoms with Gasteiger partial charge >= 0.3 is 0 Å². The molecule has 26 heavy (non-hydrogen) atoms. The van der Waals surface area contributed by atoms with Crippen LogP contribution in [0.1, 0.15) is 29.6 Å². The summed E-state index contributed by atoms with van der Waals surface area (Å²) in [6, 6.07) is 11.8. The number of phenolic OH excluding ortho intramolecular Hbond substituents is 1. The highest BCUT2D eigenvalue weighted by Crippen LogP contribution is 2.41. The molecule has 1 fully saturated rings. The number of para-hydroxylation sites is 1. The van der Waals surface area contributed by atoms with Crippen molar-refractivity contribution in [2.24, 2.45) is 5.92 Å². The number of fused-ring (bicyclic) bond motifs is 4. The second kappa shape index (κ2) is 6.61. The Bertz CT molecular complexity index is 891. The molecule has 2 aliphatic rings. The van der Waals surface area contributed by atoms with E-state index in [4.69, 9.17) is 0 Å². The van der Waals surface area contributed by atoms with Gasteiger partial charge in [0.1, 0.15) is 5.75 Å². The first-order chi connectivity index (χ1) is 12.6. The van der Waals surface area contributed by atoms with Crippen LogP contribution < -0.4 is 5.56 Å². The molecular weight excluding hydrogens is 332 g/mol. The summed E-state index contributed by atoms with van der Waals surface area (Å²) in [5.74, 6) is 0.242. The van der Waals surface area contributed by atoms with E-state index >= 15 is 0 Å². The van der Waals surface area contributed by atoms with Crippen LogP contribution in [0.3, 0.4) is 0 Å². The second-order valence-corrected chi connectivity index (χ2v) is 7.21. The molecule has 4 rings (SSSR count). The lowest BCUT2D eigenvalue weighted by molar-refractivity contribution is -0.133. The SMILES string of the molecule is O=C(Cc1ccccc1O)N1C[C@H]2C[C@@H](C1)[C@H](CO)n1c2cccc1=O. The van der Waals surface area contributed by atoms with Gasteiger partial charge in [-0.3, -0.25) is 9.59 Å². The van der Waals surface area contributed by atoms with Crippen molar-refractivity contribution in [1.82, 2.24) is 9.47 Å². The fraction of sp³-hybridized carbons (Fsp3) is 0.400. The Hall–Kier alpha value is -2.60. The first-order valence-electron chi connectivity index (χ1n) is 8.95. The minimum Gasteiger partial charge on any atom is -0.508 e. The Morgan fingerprint density at radius 2 is 1.92 bits per heavy atom. The second-order valence-electron chi connectivity index (χ2n) is 7.21. The zero-order valence-electron chi connectivity index (χ0n) is 14.4. The molecule has 2 bridgehead atoms. The number of carbonyl (C=O) groups excluding carboxylic acids is 1. The van der Waals surface area contributed by atoms with Crippen molar-refractivity contribution in [3.8, 4) is 5.75 Å². The van der Waals surface area contributed by atoms with Crippen molar-refractivity contribution < 1.29 is 15.0 Å². The molecule has 3 heterocycles. The van der Waals surface area contributed by atoms with Gasteiger partial charge in [0.25, 0.3) is 5.56 Å². The number of aliphatic hydroxyl groups excluding tert-OH is 1. The number of nitrogens with zero attached hydrogens (tertiary/aromatic N) is 2. The van der Waals surface area contributed by atoms with Gasteiger partial charge < -0.3 is 19.7 Å². The number of likely N-dealkylation sites (tertiary alicyclic amines) is 1. The Morgan fingerprint density at radius 3 is 2.69 bits per heavy atom. The molecule has 2 aliphatic heterocycles. The summed E-state index contributed by atoms with van der Waals surface area (Å²) in [5, 5.41) is 19.8. The molecule has 0 radical (unpaired) electrons. The molecule has 6 heteroatoms. The van der Waals surface area contributed by atoms with Crippen LogP contribution in [-0.2, 0) is 11.2 Å². The maximum atomic E-state index is 12.8. The van der Waals surface area contributed by atoms with Crippen LogP contribution in [0.4, 0.5) is 0 Å². The van der Waals surface area contributed by atoms with E-state index in [0.29, 0.717) is 18.7 Å². The van der Waals surface area contributed by atoms with Gasteiger partial charge in [0.15, 0.2) is 0 Å². The van der Waals surface area contributed by atoms with Gasteiger partial charge in [0.2, 0.25) is 5.91 Å². The third-order valence-electron chi connectivity index (χ3n) is 5.67. The molecule has 6 nitrogen and oxygen atoms in total. The molecule has 1 amide bonds. The summed E-state index contributed by atoms with van der Waals surface area (Å²) >= 11 is 0. The van der Waals surface area contributed by atoms with Crippen LogP contribution >= 0.6 is 0 Å². The highest BCUT2D eigenvalue weighted by atomic mass is 16.3. The van der Waals surface area contributed by atoms with Crippen LogP contribution in [0.2, 0.25) is 0 Å². The summed E-state index contributed by atoms with van der Waals surface area (Å²) in [5.41, 5.74) is 1.42. The van der Waals surface area contributed by atoms with E-state index in [-0.39, 0.29) is 48.1 Å². The van der Waals surface area contributed by atoms with E-state index in [2.05, 4.69) is 0 Å². The lowest BCUT2D eigenvalue weighted by Gasteiger charge is -2.46. The van der Waals surface area contributed by atoms with Gasteiger partial charge in [-0.15, -0.1) is 0 Å². The fourth-order valence-corrected chi connectivity index (χ4v) is 4.42. The average Bonchev–Trinajstić information content (AvgIpc) is 2.64. The van der Waals surface area contributed by atoms with E-state index in [1.165, 1.54) is 6.07 Å². The Balaban J connectivity index is 1.61. The van der Waals surface area contributed by atoms with Crippen molar-refractivity contribution in [3.05, 3.63) is 64.1 Å². The first-order valence-corrected chi connectivity index (χ1v) is 8.95. The predicted molar refractivity (Wildman–Crippen MR) is 96.1 cm³/mol. The summed E-state index contributed by atoms with van der Waals surface area (Å²) < 4.78 is 1.71. The van der Waals surface area contributed by atoms with Crippen molar-refractivity contribution in [2.75, 3.05) is 19.7 Å². The van der Waals surface area contributed by atoms with Crippen molar-refractivity contribution >= 4 is 5.91 Å². The quantitative estimate of drug-likeness (QED) is 0.870. The van der Waals surface area contributed by atoms with Crippen molar-refractivity contribution in [3.63, 3.8) is 0 Å². The Morgan fingerprint density at radius 1 is 1.12 bits per heavy atom. The summed E-state index contributed by atoms with van der Waals surface area (Å²) in [4.78, 5) is 26.9. The third kappa shape index (κ3) is 2.80. The van der Waals surface area contributed by atoms with Crippen LogP contribution in [-0.4, -0.2) is 45.3 Å².